The van der Waals surface area contributed by atoms with Gasteiger partial charge in [-0.2, -0.15) is 4.99 Å². The van der Waals surface area contributed by atoms with E-state index in [1.807, 2.05) is 0 Å². The van der Waals surface area contributed by atoms with Gasteiger partial charge in [-0.15, -0.1) is 0 Å². The van der Waals surface area contributed by atoms with Gasteiger partial charge in [-0.3, -0.25) is 14.5 Å². The number of nitrogens with one attached hydrogen (secondary N) is 1. The molecule has 1 aliphatic heterocycles. The van der Waals surface area contributed by atoms with Gasteiger partial charge in [0.1, 0.15) is 0 Å². The first-order chi connectivity index (χ1) is 6.65. The fourth-order valence-corrected chi connectivity index (χ4v) is 1.81. The van der Waals surface area contributed by atoms with Crippen molar-refractivity contribution in [1.29, 1.82) is 5.41 Å². The zero-order valence-corrected chi connectivity index (χ0v) is 8.78. The standard InChI is InChI=1S/C7H7N3O2S2/c8-3-9-7(13)14-4-10-5(11)1-2-6(10)12/h8H,1-2,4H2. The average molecular weight is 229 g/mol. The third kappa shape index (κ3) is 2.73. The summed E-state index contributed by atoms with van der Waals surface area (Å²) in [7, 11) is 0. The maximum absolute atomic E-state index is 11.1. The highest BCUT2D eigenvalue weighted by Gasteiger charge is 2.28. The summed E-state index contributed by atoms with van der Waals surface area (Å²) in [5.41, 5.74) is 0. The summed E-state index contributed by atoms with van der Waals surface area (Å²) in [6.45, 7) is 0. The molecule has 1 heterocycles. The molecule has 1 rings (SSSR count). The second kappa shape index (κ2) is 4.99. The van der Waals surface area contributed by atoms with Crippen molar-refractivity contribution in [1.82, 2.24) is 4.90 Å². The topological polar surface area (TPSA) is 73.6 Å². The van der Waals surface area contributed by atoms with Crippen molar-refractivity contribution in [3.63, 3.8) is 0 Å². The van der Waals surface area contributed by atoms with Gasteiger partial charge in [-0.25, -0.2) is 5.41 Å². The second-order valence-electron chi connectivity index (χ2n) is 2.48. The Morgan fingerprint density at radius 1 is 1.57 bits per heavy atom. The molecule has 74 valence electrons. The Morgan fingerprint density at radius 2 is 2.14 bits per heavy atom. The van der Waals surface area contributed by atoms with Crippen LogP contribution >= 0.6 is 24.0 Å². The lowest BCUT2D eigenvalue weighted by Gasteiger charge is -2.11. The smallest absolute Gasteiger partial charge is 0.230 e. The van der Waals surface area contributed by atoms with Crippen molar-refractivity contribution >= 4 is 46.1 Å². The van der Waals surface area contributed by atoms with E-state index in [4.69, 9.17) is 17.6 Å². The Morgan fingerprint density at radius 3 is 2.64 bits per heavy atom. The first-order valence-corrected chi connectivity index (χ1v) is 5.17. The molecule has 0 saturated carbocycles. The Bertz CT molecular complexity index is 320. The van der Waals surface area contributed by atoms with Crippen LogP contribution in [0.2, 0.25) is 0 Å². The van der Waals surface area contributed by atoms with Crippen molar-refractivity contribution in [2.45, 2.75) is 12.8 Å². The van der Waals surface area contributed by atoms with E-state index < -0.39 is 0 Å². The lowest BCUT2D eigenvalue weighted by atomic mass is 10.4. The molecule has 0 radical (unpaired) electrons. The molecular formula is C7H7N3O2S2. The third-order valence-corrected chi connectivity index (χ3v) is 2.79. The van der Waals surface area contributed by atoms with Gasteiger partial charge >= 0.3 is 0 Å². The fourth-order valence-electron chi connectivity index (χ4n) is 0.965. The van der Waals surface area contributed by atoms with Gasteiger partial charge in [0.05, 0.1) is 11.9 Å². The molecule has 0 aromatic rings. The zero-order chi connectivity index (χ0) is 10.6. The van der Waals surface area contributed by atoms with E-state index in [0.717, 1.165) is 16.7 Å². The number of rotatable bonds is 2. The molecular weight excluding hydrogens is 222 g/mol. The van der Waals surface area contributed by atoms with Crippen molar-refractivity contribution in [2.24, 2.45) is 4.99 Å². The molecule has 0 atom stereocenters. The molecule has 14 heavy (non-hydrogen) atoms. The third-order valence-electron chi connectivity index (χ3n) is 1.62. The Hall–Kier alpha value is -1.04. The monoisotopic (exact) mass is 229 g/mol. The summed E-state index contributed by atoms with van der Waals surface area (Å²) in [4.78, 5) is 26.8. The summed E-state index contributed by atoms with van der Waals surface area (Å²) in [5, 5.41) is 6.54. The van der Waals surface area contributed by atoms with Crippen LogP contribution in [0.1, 0.15) is 12.8 Å². The molecule has 0 bridgehead atoms. The lowest BCUT2D eigenvalue weighted by Crippen LogP contribution is -2.28. The van der Waals surface area contributed by atoms with Gasteiger partial charge in [0.25, 0.3) is 0 Å². The summed E-state index contributed by atoms with van der Waals surface area (Å²) in [6.07, 6.45) is 0.556. The van der Waals surface area contributed by atoms with Crippen LogP contribution in [0.5, 0.6) is 0 Å². The summed E-state index contributed by atoms with van der Waals surface area (Å²) in [5.74, 6) is -0.171. The number of carbonyl (C=O) groups is 2. The zero-order valence-electron chi connectivity index (χ0n) is 7.15. The van der Waals surface area contributed by atoms with Crippen molar-refractivity contribution in [2.75, 3.05) is 5.88 Å². The molecule has 0 aromatic heterocycles. The quantitative estimate of drug-likeness (QED) is 0.433. The van der Waals surface area contributed by atoms with Crippen molar-refractivity contribution in [3.8, 4) is 0 Å². The molecule has 7 heteroatoms. The number of likely N-dealkylation sites (tertiary alicyclic amines) is 1. The molecule has 0 spiro atoms. The first kappa shape index (κ1) is 11.0. The minimum Gasteiger partial charge on any atom is -0.274 e. The highest BCUT2D eigenvalue weighted by molar-refractivity contribution is 8.23. The van der Waals surface area contributed by atoms with Gasteiger partial charge in [-0.05, 0) is 12.2 Å². The lowest BCUT2D eigenvalue weighted by molar-refractivity contribution is -0.137. The molecule has 2 amide bonds. The average Bonchev–Trinajstić information content (AvgIpc) is 2.44. The maximum Gasteiger partial charge on any atom is 0.230 e. The van der Waals surface area contributed by atoms with Crippen LogP contribution in [0, 0.1) is 5.41 Å². The van der Waals surface area contributed by atoms with Crippen molar-refractivity contribution < 1.29 is 9.59 Å². The number of thioether (sulfide) groups is 1. The van der Waals surface area contributed by atoms with Gasteiger partial charge in [0.15, 0.2) is 4.32 Å². The molecule has 1 fully saturated rings. The van der Waals surface area contributed by atoms with E-state index in [9.17, 15) is 9.59 Å². The number of hydrogen-bond acceptors (Lipinski definition) is 5. The van der Waals surface area contributed by atoms with Crippen LogP contribution in [-0.2, 0) is 9.59 Å². The molecule has 0 aromatic carbocycles. The minimum absolute atomic E-state index is 0.177. The number of nitrogens with zero attached hydrogens (tertiary/aromatic N) is 2. The molecule has 0 unspecified atom stereocenters. The fraction of sp³-hybridized carbons (Fsp3) is 0.429. The summed E-state index contributed by atoms with van der Waals surface area (Å²) >= 11 is 5.80. The summed E-state index contributed by atoms with van der Waals surface area (Å²) < 4.78 is 0.201. The number of amides is 2. The first-order valence-electron chi connectivity index (χ1n) is 3.77. The van der Waals surface area contributed by atoms with Gasteiger partial charge in [0, 0.05) is 12.8 Å². The van der Waals surface area contributed by atoms with E-state index >= 15 is 0 Å². The Balaban J connectivity index is 2.45. The molecule has 0 aliphatic carbocycles. The maximum atomic E-state index is 11.1. The SMILES string of the molecule is N=C=NC(=S)SCN1C(=O)CCC1=O. The number of imide groups is 1. The molecule has 5 nitrogen and oxygen atoms in total. The number of hydrogen-bond donors (Lipinski definition) is 1. The molecule has 1 aliphatic rings. The normalized spacial score (nSPS) is 15.6. The number of aliphatic imine (C=N–C) groups is 1. The van der Waals surface area contributed by atoms with Crippen LogP contribution in [0.3, 0.4) is 0 Å². The van der Waals surface area contributed by atoms with Crippen molar-refractivity contribution in [3.05, 3.63) is 0 Å². The van der Waals surface area contributed by atoms with E-state index in [0.29, 0.717) is 0 Å². The molecule has 1 N–H and O–H groups in total. The van der Waals surface area contributed by atoms with Crippen LogP contribution in [-0.4, -0.2) is 32.9 Å². The summed E-state index contributed by atoms with van der Waals surface area (Å²) in [6, 6.07) is 1.79. The molecule has 1 saturated heterocycles. The largest absolute Gasteiger partial charge is 0.274 e. The van der Waals surface area contributed by atoms with Gasteiger partial charge < -0.3 is 0 Å². The Labute approximate surface area is 90.1 Å². The predicted molar refractivity (Wildman–Crippen MR) is 56.3 cm³/mol. The number of carbonyl (C=O) groups excluding carboxylic acids is 2. The Kier molecular flexibility index (Phi) is 3.94. The van der Waals surface area contributed by atoms with Crippen LogP contribution in [0.25, 0.3) is 0 Å². The van der Waals surface area contributed by atoms with E-state index in [1.165, 1.54) is 0 Å². The highest BCUT2D eigenvalue weighted by Crippen LogP contribution is 2.16. The second-order valence-corrected chi connectivity index (χ2v) is 4.06. The highest BCUT2D eigenvalue weighted by atomic mass is 32.2. The van der Waals surface area contributed by atoms with Crippen LogP contribution < -0.4 is 0 Å². The minimum atomic E-state index is -0.177. The van der Waals surface area contributed by atoms with E-state index in [1.54, 1.807) is 6.01 Å². The van der Waals surface area contributed by atoms with E-state index in [2.05, 4.69) is 4.99 Å². The van der Waals surface area contributed by atoms with E-state index in [-0.39, 0.29) is 34.9 Å². The predicted octanol–water partition coefficient (Wildman–Crippen LogP) is 0.864. The number of thiocarbonyl (C=S) groups is 1. The van der Waals surface area contributed by atoms with Crippen LogP contribution in [0.4, 0.5) is 0 Å². The van der Waals surface area contributed by atoms with Crippen LogP contribution in [0.15, 0.2) is 4.99 Å². The van der Waals surface area contributed by atoms with Gasteiger partial charge in [0.2, 0.25) is 11.8 Å². The van der Waals surface area contributed by atoms with Gasteiger partial charge in [-0.1, -0.05) is 11.8 Å².